The van der Waals surface area contributed by atoms with Crippen LogP contribution < -0.4 is 4.74 Å². The lowest BCUT2D eigenvalue weighted by Gasteiger charge is -2.09. The molecule has 1 aliphatic rings. The van der Waals surface area contributed by atoms with Crippen molar-refractivity contribution in [3.63, 3.8) is 0 Å². The minimum absolute atomic E-state index is 0.0706. The number of nitro groups is 1. The molecule has 7 heteroatoms. The van der Waals surface area contributed by atoms with Gasteiger partial charge in [0.25, 0.3) is 0 Å². The fourth-order valence-electron chi connectivity index (χ4n) is 1.21. The first kappa shape index (κ1) is 11.7. The van der Waals surface area contributed by atoms with E-state index in [4.69, 9.17) is 9.47 Å². The van der Waals surface area contributed by atoms with Crippen molar-refractivity contribution in [3.05, 3.63) is 33.9 Å². The van der Waals surface area contributed by atoms with Gasteiger partial charge in [-0.15, -0.1) is 0 Å². The summed E-state index contributed by atoms with van der Waals surface area (Å²) in [6.45, 7) is 2.32. The molecule has 1 heterocycles. The quantitative estimate of drug-likeness (QED) is 0.462. The molecule has 0 aromatic heterocycles. The van der Waals surface area contributed by atoms with Gasteiger partial charge in [0.15, 0.2) is 11.6 Å². The van der Waals surface area contributed by atoms with Crippen LogP contribution in [0.25, 0.3) is 0 Å². The zero-order valence-corrected chi connectivity index (χ0v) is 8.91. The fourth-order valence-corrected chi connectivity index (χ4v) is 1.21. The van der Waals surface area contributed by atoms with Gasteiger partial charge in [-0.2, -0.15) is 4.39 Å². The van der Waals surface area contributed by atoms with Gasteiger partial charge in [-0.3, -0.25) is 10.1 Å². The van der Waals surface area contributed by atoms with Gasteiger partial charge < -0.3 is 9.47 Å². The molecule has 0 bridgehead atoms. The first-order valence-corrected chi connectivity index (χ1v) is 4.81. The average molecular weight is 245 g/mol. The lowest BCUT2D eigenvalue weighted by atomic mass is 10.2. The number of halogens is 2. The van der Waals surface area contributed by atoms with E-state index in [1.54, 1.807) is 6.92 Å². The number of hydrogen-bond acceptors (Lipinski definition) is 4. The molecule has 1 saturated heterocycles. The molecule has 0 saturated carbocycles. The Morgan fingerprint density at radius 3 is 2.71 bits per heavy atom. The number of rotatable bonds is 4. The Balaban J connectivity index is 2.17. The maximum Gasteiger partial charge on any atom is 0.307 e. The smallest absolute Gasteiger partial charge is 0.307 e. The predicted octanol–water partition coefficient (Wildman–Crippen LogP) is 2.04. The van der Waals surface area contributed by atoms with Gasteiger partial charge in [-0.25, -0.2) is 4.39 Å². The Hall–Kier alpha value is -1.76. The third-order valence-electron chi connectivity index (χ3n) is 2.37. The molecule has 1 aromatic rings. The van der Waals surface area contributed by atoms with Crippen molar-refractivity contribution in [2.45, 2.75) is 12.5 Å². The highest BCUT2D eigenvalue weighted by Crippen LogP contribution is 2.30. The molecule has 1 atom stereocenters. The van der Waals surface area contributed by atoms with Crippen LogP contribution in [0.4, 0.5) is 14.5 Å². The summed E-state index contributed by atoms with van der Waals surface area (Å²) in [6, 6.07) is 1.17. The van der Waals surface area contributed by atoms with Gasteiger partial charge in [0, 0.05) is 6.07 Å². The van der Waals surface area contributed by atoms with Crippen LogP contribution in [0.3, 0.4) is 0 Å². The van der Waals surface area contributed by atoms with Crippen molar-refractivity contribution in [3.8, 4) is 5.75 Å². The molecule has 0 N–H and O–H groups in total. The van der Waals surface area contributed by atoms with Crippen molar-refractivity contribution in [2.75, 3.05) is 13.2 Å². The normalized spacial score (nSPS) is 22.3. The lowest BCUT2D eigenvalue weighted by Crippen LogP contribution is -2.17. The highest BCUT2D eigenvalue weighted by Gasteiger charge is 2.40. The van der Waals surface area contributed by atoms with E-state index in [9.17, 15) is 18.9 Å². The second-order valence-electron chi connectivity index (χ2n) is 4.02. The topological polar surface area (TPSA) is 64.9 Å². The summed E-state index contributed by atoms with van der Waals surface area (Å²) in [6.07, 6.45) is 0. The monoisotopic (exact) mass is 245 g/mol. The SMILES string of the molecule is CC1(COc2cc(F)c([N+](=O)[O-])cc2F)CO1. The summed E-state index contributed by atoms with van der Waals surface area (Å²) < 4.78 is 36.6. The van der Waals surface area contributed by atoms with Crippen LogP contribution >= 0.6 is 0 Å². The fraction of sp³-hybridized carbons (Fsp3) is 0.400. The molecular formula is C10H9F2NO4. The number of nitrogens with zero attached hydrogens (tertiary/aromatic N) is 1. The van der Waals surface area contributed by atoms with Crippen LogP contribution in [0.15, 0.2) is 12.1 Å². The molecule has 0 amide bonds. The van der Waals surface area contributed by atoms with Crippen molar-refractivity contribution in [1.29, 1.82) is 0 Å². The second-order valence-corrected chi connectivity index (χ2v) is 4.02. The minimum atomic E-state index is -1.13. The third kappa shape index (κ3) is 2.50. The van der Waals surface area contributed by atoms with Crippen molar-refractivity contribution in [1.82, 2.24) is 0 Å². The van der Waals surface area contributed by atoms with E-state index in [2.05, 4.69) is 0 Å². The molecule has 1 unspecified atom stereocenters. The highest BCUT2D eigenvalue weighted by molar-refractivity contribution is 5.39. The zero-order chi connectivity index (χ0) is 12.6. The number of nitro benzene ring substituents is 1. The molecule has 0 aliphatic carbocycles. The van der Waals surface area contributed by atoms with Gasteiger partial charge in [-0.05, 0) is 6.92 Å². The van der Waals surface area contributed by atoms with E-state index in [1.807, 2.05) is 0 Å². The first-order chi connectivity index (χ1) is 7.91. The number of benzene rings is 1. The molecular weight excluding hydrogens is 236 g/mol. The maximum atomic E-state index is 13.3. The molecule has 92 valence electrons. The van der Waals surface area contributed by atoms with E-state index in [0.717, 1.165) is 0 Å². The number of hydrogen-bond donors (Lipinski definition) is 0. The molecule has 17 heavy (non-hydrogen) atoms. The van der Waals surface area contributed by atoms with E-state index < -0.39 is 27.8 Å². The standard InChI is InChI=1S/C10H9F2NO4/c1-10(5-17-10)4-16-9-3-6(11)8(13(14)15)2-7(9)12/h2-3H,4-5H2,1H3. The Morgan fingerprint density at radius 2 is 2.18 bits per heavy atom. The van der Waals surface area contributed by atoms with Crippen molar-refractivity contribution < 1.29 is 23.2 Å². The van der Waals surface area contributed by atoms with E-state index >= 15 is 0 Å². The Bertz CT molecular complexity index is 474. The molecule has 1 fully saturated rings. The van der Waals surface area contributed by atoms with E-state index in [1.165, 1.54) is 0 Å². The molecule has 2 rings (SSSR count). The Kier molecular flexibility index (Phi) is 2.70. The van der Waals surface area contributed by atoms with E-state index in [-0.39, 0.29) is 12.4 Å². The van der Waals surface area contributed by atoms with Crippen molar-refractivity contribution >= 4 is 5.69 Å². The second kappa shape index (κ2) is 3.92. The molecule has 1 aliphatic heterocycles. The third-order valence-corrected chi connectivity index (χ3v) is 2.37. The molecule has 0 spiro atoms. The lowest BCUT2D eigenvalue weighted by molar-refractivity contribution is -0.387. The molecule has 0 radical (unpaired) electrons. The predicted molar refractivity (Wildman–Crippen MR) is 52.9 cm³/mol. The van der Waals surface area contributed by atoms with Crippen LogP contribution in [-0.4, -0.2) is 23.7 Å². The van der Waals surface area contributed by atoms with Crippen molar-refractivity contribution in [2.24, 2.45) is 0 Å². The van der Waals surface area contributed by atoms with Crippen LogP contribution in [0.1, 0.15) is 6.92 Å². The van der Waals surface area contributed by atoms with Gasteiger partial charge >= 0.3 is 5.69 Å². The van der Waals surface area contributed by atoms with Gasteiger partial charge in [0.1, 0.15) is 12.2 Å². The summed E-state index contributed by atoms with van der Waals surface area (Å²) in [5, 5.41) is 10.4. The first-order valence-electron chi connectivity index (χ1n) is 4.81. The van der Waals surface area contributed by atoms with Crippen LogP contribution in [-0.2, 0) is 4.74 Å². The van der Waals surface area contributed by atoms with Gasteiger partial charge in [0.2, 0.25) is 5.82 Å². The molecule has 1 aromatic carbocycles. The Morgan fingerprint density at radius 1 is 1.53 bits per heavy atom. The summed E-state index contributed by atoms with van der Waals surface area (Å²) >= 11 is 0. The zero-order valence-electron chi connectivity index (χ0n) is 8.91. The summed E-state index contributed by atoms with van der Waals surface area (Å²) in [5.74, 6) is -2.46. The largest absolute Gasteiger partial charge is 0.487 e. The summed E-state index contributed by atoms with van der Waals surface area (Å²) in [5.41, 5.74) is -1.38. The Labute approximate surface area is 95.1 Å². The maximum absolute atomic E-state index is 13.3. The highest BCUT2D eigenvalue weighted by atomic mass is 19.1. The minimum Gasteiger partial charge on any atom is -0.487 e. The van der Waals surface area contributed by atoms with Gasteiger partial charge in [0.05, 0.1) is 17.6 Å². The average Bonchev–Trinajstić information content (AvgIpc) is 2.97. The van der Waals surface area contributed by atoms with Crippen LogP contribution in [0.2, 0.25) is 0 Å². The molecule has 5 nitrogen and oxygen atoms in total. The van der Waals surface area contributed by atoms with Crippen LogP contribution in [0.5, 0.6) is 5.75 Å². The van der Waals surface area contributed by atoms with Gasteiger partial charge in [-0.1, -0.05) is 0 Å². The summed E-state index contributed by atoms with van der Waals surface area (Å²) in [7, 11) is 0. The number of ether oxygens (including phenoxy) is 2. The van der Waals surface area contributed by atoms with E-state index in [0.29, 0.717) is 18.7 Å². The number of epoxide rings is 1. The van der Waals surface area contributed by atoms with Crippen LogP contribution in [0, 0.1) is 21.7 Å². The summed E-state index contributed by atoms with van der Waals surface area (Å²) in [4.78, 5) is 9.36.